The summed E-state index contributed by atoms with van der Waals surface area (Å²) in [5, 5.41) is 30.9. The molecule has 11 nitrogen and oxygen atoms in total. The number of aromatic carboxylic acids is 2. The van der Waals surface area contributed by atoms with Gasteiger partial charge in [-0.3, -0.25) is 14.9 Å². The maximum atomic E-state index is 12.3. The number of anilines is 1. The first-order valence-electron chi connectivity index (χ1n) is 8.10. The zero-order valence-electron chi connectivity index (χ0n) is 14.9. The number of nitrogens with one attached hydrogen (secondary N) is 1. The van der Waals surface area contributed by atoms with Crippen molar-refractivity contribution >= 4 is 35.2 Å². The second kappa shape index (κ2) is 8.05. The number of nitrogens with zero attached hydrogens (tertiary/aromatic N) is 2. The van der Waals surface area contributed by atoms with Gasteiger partial charge in [0.2, 0.25) is 0 Å². The number of H-pyrrole nitrogens is 1. The molecule has 0 aliphatic carbocycles. The van der Waals surface area contributed by atoms with E-state index >= 15 is 0 Å². The summed E-state index contributed by atoms with van der Waals surface area (Å²) >= 11 is 1.01. The lowest BCUT2D eigenvalue weighted by atomic mass is 9.95. The molecule has 0 aliphatic heterocycles. The van der Waals surface area contributed by atoms with Crippen LogP contribution in [0.5, 0.6) is 0 Å². The minimum absolute atomic E-state index is 0.146. The Kier molecular flexibility index (Phi) is 5.51. The summed E-state index contributed by atoms with van der Waals surface area (Å²) in [6, 6.07) is 8.49. The summed E-state index contributed by atoms with van der Waals surface area (Å²) < 4.78 is 0. The zero-order chi connectivity index (χ0) is 22.0. The summed E-state index contributed by atoms with van der Waals surface area (Å²) in [5.41, 5.74) is 1.82. The quantitative estimate of drug-likeness (QED) is 0.335. The van der Waals surface area contributed by atoms with Gasteiger partial charge in [-0.25, -0.2) is 14.6 Å². The highest BCUT2D eigenvalue weighted by molar-refractivity contribution is 7.99. The molecule has 0 spiro atoms. The van der Waals surface area contributed by atoms with E-state index in [1.807, 2.05) is 4.98 Å². The molecule has 0 atom stereocenters. The van der Waals surface area contributed by atoms with Crippen molar-refractivity contribution < 1.29 is 24.7 Å². The standard InChI is InChI=1S/C18H12N4O7S/c19-15-13(17(24)25)12(14(18(26)27)16(23)21-15)9-7-8(22(28)29)4-5-10(9)30-11-3-1-2-6-20-11/h1-7H,(H,24,25)(H,26,27)(H3,19,21,23). The van der Waals surface area contributed by atoms with Gasteiger partial charge >= 0.3 is 11.9 Å². The van der Waals surface area contributed by atoms with Crippen LogP contribution in [0.2, 0.25) is 0 Å². The molecule has 30 heavy (non-hydrogen) atoms. The van der Waals surface area contributed by atoms with Crippen LogP contribution in [-0.4, -0.2) is 37.0 Å². The van der Waals surface area contributed by atoms with Gasteiger partial charge in [0, 0.05) is 34.4 Å². The minimum atomic E-state index is -1.71. The maximum Gasteiger partial charge on any atom is 0.342 e. The molecule has 0 radical (unpaired) electrons. The topological polar surface area (TPSA) is 190 Å². The van der Waals surface area contributed by atoms with Crippen molar-refractivity contribution in [3.63, 3.8) is 0 Å². The van der Waals surface area contributed by atoms with Gasteiger partial charge in [0.15, 0.2) is 0 Å². The Balaban J connectivity index is 2.42. The third kappa shape index (κ3) is 3.84. The van der Waals surface area contributed by atoms with E-state index in [4.69, 9.17) is 5.73 Å². The lowest BCUT2D eigenvalue weighted by Gasteiger charge is -2.15. The smallest absolute Gasteiger partial charge is 0.342 e. The van der Waals surface area contributed by atoms with Gasteiger partial charge in [-0.05, 0) is 18.2 Å². The molecule has 0 aliphatic rings. The highest BCUT2D eigenvalue weighted by Gasteiger charge is 2.29. The third-order valence-electron chi connectivity index (χ3n) is 3.97. The van der Waals surface area contributed by atoms with Gasteiger partial charge in [-0.15, -0.1) is 0 Å². The second-order valence-corrected chi connectivity index (χ2v) is 6.87. The van der Waals surface area contributed by atoms with Crippen LogP contribution in [0.3, 0.4) is 0 Å². The van der Waals surface area contributed by atoms with E-state index in [1.54, 1.807) is 18.2 Å². The van der Waals surface area contributed by atoms with E-state index in [2.05, 4.69) is 4.98 Å². The largest absolute Gasteiger partial charge is 0.478 e. The van der Waals surface area contributed by atoms with Crippen LogP contribution in [0.1, 0.15) is 20.7 Å². The number of carboxylic acid groups (broad SMARTS) is 2. The van der Waals surface area contributed by atoms with Crippen molar-refractivity contribution in [2.24, 2.45) is 0 Å². The van der Waals surface area contributed by atoms with Crippen LogP contribution >= 0.6 is 11.8 Å². The van der Waals surface area contributed by atoms with Gasteiger partial charge < -0.3 is 20.9 Å². The van der Waals surface area contributed by atoms with Gasteiger partial charge in [0.1, 0.15) is 22.0 Å². The molecule has 0 fully saturated rings. The number of carboxylic acids is 2. The molecule has 0 saturated heterocycles. The number of hydrogen-bond acceptors (Lipinski definition) is 8. The molecule has 3 rings (SSSR count). The molecule has 5 N–H and O–H groups in total. The number of hydrogen-bond donors (Lipinski definition) is 4. The van der Waals surface area contributed by atoms with Crippen LogP contribution in [0.15, 0.2) is 57.3 Å². The number of aromatic nitrogens is 2. The Hall–Kier alpha value is -4.19. The lowest BCUT2D eigenvalue weighted by Crippen LogP contribution is -2.24. The molecule has 3 aromatic rings. The van der Waals surface area contributed by atoms with Crippen molar-refractivity contribution in [1.82, 2.24) is 9.97 Å². The van der Waals surface area contributed by atoms with E-state index in [0.717, 1.165) is 17.8 Å². The molecule has 2 heterocycles. The van der Waals surface area contributed by atoms with Crippen molar-refractivity contribution in [2.45, 2.75) is 9.92 Å². The average molecular weight is 428 g/mol. The highest BCUT2D eigenvalue weighted by Crippen LogP contribution is 2.40. The number of aromatic amines is 1. The molecule has 2 aromatic heterocycles. The molecule has 0 bridgehead atoms. The lowest BCUT2D eigenvalue weighted by molar-refractivity contribution is -0.384. The second-order valence-electron chi connectivity index (χ2n) is 5.81. The van der Waals surface area contributed by atoms with Crippen LogP contribution in [0, 0.1) is 10.1 Å². The van der Waals surface area contributed by atoms with E-state index in [1.165, 1.54) is 18.3 Å². The van der Waals surface area contributed by atoms with Crippen LogP contribution in [0.4, 0.5) is 11.5 Å². The summed E-state index contributed by atoms with van der Waals surface area (Å²) in [4.78, 5) is 52.8. The van der Waals surface area contributed by atoms with Crippen molar-refractivity contribution in [3.8, 4) is 11.1 Å². The van der Waals surface area contributed by atoms with Gasteiger partial charge in [0.05, 0.1) is 4.92 Å². The predicted octanol–water partition coefficient (Wildman–Crippen LogP) is 2.47. The number of nitro groups is 1. The maximum absolute atomic E-state index is 12.3. The molecule has 0 unspecified atom stereocenters. The van der Waals surface area contributed by atoms with Gasteiger partial charge in [-0.1, -0.05) is 17.8 Å². The van der Waals surface area contributed by atoms with Crippen LogP contribution < -0.4 is 11.3 Å². The highest BCUT2D eigenvalue weighted by atomic mass is 32.2. The number of benzene rings is 1. The first kappa shape index (κ1) is 20.5. The monoisotopic (exact) mass is 428 g/mol. The van der Waals surface area contributed by atoms with E-state index in [0.29, 0.717) is 5.03 Å². The number of non-ortho nitro benzene ring substituents is 1. The SMILES string of the molecule is Nc1[nH]c(=O)c(C(=O)O)c(-c2cc([N+](=O)[O-])ccc2Sc2ccccn2)c1C(=O)O. The summed E-state index contributed by atoms with van der Waals surface area (Å²) in [7, 11) is 0. The first-order chi connectivity index (χ1) is 14.2. The summed E-state index contributed by atoms with van der Waals surface area (Å²) in [5.74, 6) is -3.90. The van der Waals surface area contributed by atoms with Crippen molar-refractivity contribution in [2.75, 3.05) is 5.73 Å². The first-order valence-corrected chi connectivity index (χ1v) is 8.92. The Morgan fingerprint density at radius 3 is 2.40 bits per heavy atom. The Morgan fingerprint density at radius 2 is 1.83 bits per heavy atom. The number of nitrogens with two attached hydrogens (primary N) is 1. The molecule has 0 saturated carbocycles. The predicted molar refractivity (Wildman–Crippen MR) is 106 cm³/mol. The fourth-order valence-electron chi connectivity index (χ4n) is 2.75. The number of nitro benzene ring substituents is 1. The van der Waals surface area contributed by atoms with Crippen molar-refractivity contribution in [1.29, 1.82) is 0 Å². The Morgan fingerprint density at radius 1 is 1.13 bits per heavy atom. The average Bonchev–Trinajstić information content (AvgIpc) is 2.67. The number of carbonyl (C=O) groups is 2. The molecular formula is C18H12N4O7S. The molecule has 152 valence electrons. The van der Waals surface area contributed by atoms with Crippen molar-refractivity contribution in [3.05, 3.63) is 74.2 Å². The molecule has 12 heteroatoms. The summed E-state index contributed by atoms with van der Waals surface area (Å²) in [6.07, 6.45) is 1.50. The van der Waals surface area contributed by atoms with E-state index in [9.17, 15) is 34.7 Å². The fourth-order valence-corrected chi connectivity index (χ4v) is 3.64. The number of pyridine rings is 2. The number of nitrogen functional groups attached to an aromatic ring is 1. The molecule has 0 amide bonds. The van der Waals surface area contributed by atoms with Crippen LogP contribution in [0.25, 0.3) is 11.1 Å². The van der Waals surface area contributed by atoms with Gasteiger partial charge in [0.25, 0.3) is 11.2 Å². The third-order valence-corrected chi connectivity index (χ3v) is 4.99. The van der Waals surface area contributed by atoms with E-state index in [-0.39, 0.29) is 10.5 Å². The number of rotatable bonds is 6. The Labute approximate surface area is 171 Å². The minimum Gasteiger partial charge on any atom is -0.478 e. The normalized spacial score (nSPS) is 10.5. The Bertz CT molecular complexity index is 1240. The molecular weight excluding hydrogens is 416 g/mol. The van der Waals surface area contributed by atoms with E-state index < -0.39 is 50.6 Å². The summed E-state index contributed by atoms with van der Waals surface area (Å²) in [6.45, 7) is 0. The van der Waals surface area contributed by atoms with Crippen LogP contribution in [-0.2, 0) is 0 Å². The zero-order valence-corrected chi connectivity index (χ0v) is 15.7. The molecule has 1 aromatic carbocycles. The van der Waals surface area contributed by atoms with Gasteiger partial charge in [-0.2, -0.15) is 0 Å². The fraction of sp³-hybridized carbons (Fsp3) is 0.